The standard InChI is InChI=1S/C29H37N5O5/c1-4-17(2)25(34-26(35)18(3)30)28(37)32-23(15-20-16-31-22-13-9-8-12-21(20)22)27(36)33-24(29(38)39)14-19-10-6-5-7-11-19/h5-13,16-18,23-25,31H,4,14-15,30H2,1-3H3,(H,32,37)(H,33,36)(H,34,35)(H,38,39). The first-order valence-electron chi connectivity index (χ1n) is 13.1. The van der Waals surface area contributed by atoms with Crippen molar-refractivity contribution < 1.29 is 24.3 Å². The summed E-state index contributed by atoms with van der Waals surface area (Å²) >= 11 is 0. The van der Waals surface area contributed by atoms with Crippen LogP contribution in [0.3, 0.4) is 0 Å². The van der Waals surface area contributed by atoms with Crippen LogP contribution in [0.1, 0.15) is 38.3 Å². The van der Waals surface area contributed by atoms with E-state index in [0.717, 1.165) is 22.0 Å². The van der Waals surface area contributed by atoms with E-state index in [9.17, 15) is 24.3 Å². The average Bonchev–Trinajstić information content (AvgIpc) is 3.33. The highest BCUT2D eigenvalue weighted by Gasteiger charge is 2.32. The van der Waals surface area contributed by atoms with Crippen LogP contribution in [-0.2, 0) is 32.0 Å². The number of H-pyrrole nitrogens is 1. The summed E-state index contributed by atoms with van der Waals surface area (Å²) in [6.45, 7) is 5.23. The molecule has 3 aromatic rings. The fraction of sp³-hybridized carbons (Fsp3) is 0.379. The van der Waals surface area contributed by atoms with Gasteiger partial charge >= 0.3 is 5.97 Å². The third-order valence-electron chi connectivity index (χ3n) is 6.84. The third-order valence-corrected chi connectivity index (χ3v) is 6.84. The van der Waals surface area contributed by atoms with Crippen LogP contribution in [-0.4, -0.2) is 57.9 Å². The molecule has 0 aliphatic carbocycles. The smallest absolute Gasteiger partial charge is 0.326 e. The number of nitrogens with one attached hydrogen (secondary N) is 4. The predicted octanol–water partition coefficient (Wildman–Crippen LogP) is 1.89. The molecule has 10 nitrogen and oxygen atoms in total. The second-order valence-electron chi connectivity index (χ2n) is 9.87. The summed E-state index contributed by atoms with van der Waals surface area (Å²) in [7, 11) is 0. The van der Waals surface area contributed by atoms with Gasteiger partial charge < -0.3 is 31.8 Å². The van der Waals surface area contributed by atoms with Crippen LogP contribution in [0.4, 0.5) is 0 Å². The van der Waals surface area contributed by atoms with E-state index >= 15 is 0 Å². The third kappa shape index (κ3) is 7.90. The van der Waals surface area contributed by atoms with Crippen LogP contribution in [0.25, 0.3) is 10.9 Å². The number of rotatable bonds is 13. The number of carboxylic acid groups (broad SMARTS) is 1. The molecule has 2 aromatic carbocycles. The number of hydrogen-bond donors (Lipinski definition) is 6. The van der Waals surface area contributed by atoms with Crippen LogP contribution < -0.4 is 21.7 Å². The van der Waals surface area contributed by atoms with Crippen molar-refractivity contribution in [2.45, 2.75) is 64.2 Å². The molecule has 0 saturated heterocycles. The summed E-state index contributed by atoms with van der Waals surface area (Å²) in [4.78, 5) is 54.5. The zero-order valence-electron chi connectivity index (χ0n) is 22.4. The highest BCUT2D eigenvalue weighted by molar-refractivity contribution is 5.95. The van der Waals surface area contributed by atoms with Gasteiger partial charge in [-0.1, -0.05) is 68.8 Å². The van der Waals surface area contributed by atoms with Crippen molar-refractivity contribution in [1.82, 2.24) is 20.9 Å². The zero-order chi connectivity index (χ0) is 28.5. The molecule has 1 heterocycles. The summed E-state index contributed by atoms with van der Waals surface area (Å²) in [5, 5.41) is 18.8. The number of para-hydroxylation sites is 1. The number of aromatic nitrogens is 1. The zero-order valence-corrected chi connectivity index (χ0v) is 22.4. The molecule has 0 aliphatic heterocycles. The summed E-state index contributed by atoms with van der Waals surface area (Å²) in [5.41, 5.74) is 8.09. The molecule has 0 bridgehead atoms. The van der Waals surface area contributed by atoms with Crippen molar-refractivity contribution >= 4 is 34.6 Å². The highest BCUT2D eigenvalue weighted by Crippen LogP contribution is 2.20. The van der Waals surface area contributed by atoms with Crippen molar-refractivity contribution in [1.29, 1.82) is 0 Å². The Hall–Kier alpha value is -4.18. The van der Waals surface area contributed by atoms with Gasteiger partial charge in [-0.25, -0.2) is 4.79 Å². The molecule has 0 fully saturated rings. The lowest BCUT2D eigenvalue weighted by Crippen LogP contribution is -2.59. The lowest BCUT2D eigenvalue weighted by Gasteiger charge is -2.27. The van der Waals surface area contributed by atoms with E-state index in [0.29, 0.717) is 6.42 Å². The number of amides is 3. The number of carbonyl (C=O) groups excluding carboxylic acids is 3. The Labute approximate surface area is 227 Å². The second-order valence-corrected chi connectivity index (χ2v) is 9.87. The average molecular weight is 536 g/mol. The van der Waals surface area contributed by atoms with Crippen molar-refractivity contribution in [2.24, 2.45) is 11.7 Å². The summed E-state index contributed by atoms with van der Waals surface area (Å²) in [6, 6.07) is 12.5. The molecule has 0 saturated carbocycles. The van der Waals surface area contributed by atoms with Crippen LogP contribution in [0.5, 0.6) is 0 Å². The van der Waals surface area contributed by atoms with Crippen molar-refractivity contribution in [3.63, 3.8) is 0 Å². The second kappa shape index (κ2) is 13.6. The number of benzene rings is 2. The lowest BCUT2D eigenvalue weighted by molar-refractivity contribution is -0.142. The first-order chi connectivity index (χ1) is 18.6. The number of aliphatic carboxylic acids is 1. The van der Waals surface area contributed by atoms with Gasteiger partial charge in [-0.3, -0.25) is 14.4 Å². The molecule has 5 unspecified atom stereocenters. The molecule has 39 heavy (non-hydrogen) atoms. The molecule has 208 valence electrons. The van der Waals surface area contributed by atoms with Crippen LogP contribution in [0.15, 0.2) is 60.8 Å². The predicted molar refractivity (Wildman–Crippen MR) is 149 cm³/mol. The molecule has 5 atom stereocenters. The minimum Gasteiger partial charge on any atom is -0.480 e. The van der Waals surface area contributed by atoms with Crippen LogP contribution in [0.2, 0.25) is 0 Å². The SMILES string of the molecule is CCC(C)C(NC(=O)C(C)N)C(=O)NC(Cc1c[nH]c2ccccc12)C(=O)NC(Cc1ccccc1)C(=O)O. The number of aromatic amines is 1. The topological polar surface area (TPSA) is 166 Å². The Bertz CT molecular complexity index is 1290. The van der Waals surface area contributed by atoms with E-state index in [1.54, 1.807) is 30.5 Å². The van der Waals surface area contributed by atoms with Crippen molar-refractivity contribution in [3.8, 4) is 0 Å². The Morgan fingerprint density at radius 2 is 1.49 bits per heavy atom. The van der Waals surface area contributed by atoms with Gasteiger partial charge in [-0.2, -0.15) is 0 Å². The molecule has 3 rings (SSSR count). The molecular weight excluding hydrogens is 498 g/mol. The summed E-state index contributed by atoms with van der Waals surface area (Å²) in [6.07, 6.45) is 2.54. The fourth-order valence-corrected chi connectivity index (χ4v) is 4.30. The Balaban J connectivity index is 1.88. The number of fused-ring (bicyclic) bond motifs is 1. The van der Waals surface area contributed by atoms with Crippen molar-refractivity contribution in [2.75, 3.05) is 0 Å². The molecule has 3 amide bonds. The molecule has 10 heteroatoms. The first-order valence-corrected chi connectivity index (χ1v) is 13.1. The van der Waals surface area contributed by atoms with Gasteiger partial charge in [0.2, 0.25) is 17.7 Å². The molecule has 7 N–H and O–H groups in total. The van der Waals surface area contributed by atoms with Gasteiger partial charge in [-0.05, 0) is 30.0 Å². The number of hydrogen-bond acceptors (Lipinski definition) is 5. The van der Waals surface area contributed by atoms with Crippen molar-refractivity contribution in [3.05, 3.63) is 71.9 Å². The molecule has 0 aliphatic rings. The van der Waals surface area contributed by atoms with E-state index in [4.69, 9.17) is 5.73 Å². The van der Waals surface area contributed by atoms with Gasteiger partial charge in [0.05, 0.1) is 6.04 Å². The number of carbonyl (C=O) groups is 4. The maximum absolute atomic E-state index is 13.5. The molecule has 0 spiro atoms. The van der Waals surface area contributed by atoms with Gasteiger partial charge in [0, 0.05) is 29.9 Å². The summed E-state index contributed by atoms with van der Waals surface area (Å²) in [5.74, 6) is -3.10. The van der Waals surface area contributed by atoms with Gasteiger partial charge in [0.25, 0.3) is 0 Å². The normalized spacial score (nSPS) is 15.0. The number of carboxylic acids is 1. The number of nitrogens with two attached hydrogens (primary N) is 1. The lowest BCUT2D eigenvalue weighted by atomic mass is 9.96. The summed E-state index contributed by atoms with van der Waals surface area (Å²) < 4.78 is 0. The van der Waals surface area contributed by atoms with Gasteiger partial charge in [-0.15, -0.1) is 0 Å². The van der Waals surface area contributed by atoms with Gasteiger partial charge in [0.1, 0.15) is 18.1 Å². The maximum atomic E-state index is 13.5. The van der Waals surface area contributed by atoms with E-state index in [1.807, 2.05) is 44.2 Å². The Morgan fingerprint density at radius 1 is 0.846 bits per heavy atom. The minimum atomic E-state index is -1.20. The van der Waals surface area contributed by atoms with E-state index in [-0.39, 0.29) is 18.8 Å². The fourth-order valence-electron chi connectivity index (χ4n) is 4.30. The molecule has 0 radical (unpaired) electrons. The first kappa shape index (κ1) is 29.4. The minimum absolute atomic E-state index is 0.0790. The van der Waals surface area contributed by atoms with Gasteiger partial charge in [0.15, 0.2) is 0 Å². The Kier molecular flexibility index (Phi) is 10.2. The van der Waals surface area contributed by atoms with E-state index in [1.165, 1.54) is 6.92 Å². The van der Waals surface area contributed by atoms with E-state index < -0.39 is 47.9 Å². The highest BCUT2D eigenvalue weighted by atomic mass is 16.4. The maximum Gasteiger partial charge on any atom is 0.326 e. The van der Waals surface area contributed by atoms with E-state index in [2.05, 4.69) is 20.9 Å². The van der Waals surface area contributed by atoms with Crippen LogP contribution in [0, 0.1) is 5.92 Å². The molecular formula is C29H37N5O5. The largest absolute Gasteiger partial charge is 0.480 e. The Morgan fingerprint density at radius 3 is 2.13 bits per heavy atom. The molecule has 1 aromatic heterocycles. The van der Waals surface area contributed by atoms with Crippen LogP contribution >= 0.6 is 0 Å². The quantitative estimate of drug-likeness (QED) is 0.195. The monoisotopic (exact) mass is 535 g/mol.